The highest BCUT2D eigenvalue weighted by Gasteiger charge is 2.21. The average Bonchev–Trinajstić information content (AvgIpc) is 3.17. The number of nitrogens with zero attached hydrogens (tertiary/aromatic N) is 1. The molecule has 0 saturated carbocycles. The lowest BCUT2D eigenvalue weighted by molar-refractivity contribution is 0.00532. The molecule has 1 heterocycles. The first-order valence-corrected chi connectivity index (χ1v) is 11.6. The Kier molecular flexibility index (Phi) is 10.1. The van der Waals surface area contributed by atoms with Crippen LogP contribution in [0, 0.1) is 0 Å². The fraction of sp³-hybridized carbons (Fsp3) is 0.577. The van der Waals surface area contributed by atoms with Crippen LogP contribution in [0.25, 0.3) is 0 Å². The third-order valence-corrected chi connectivity index (χ3v) is 5.03. The monoisotopic (exact) mass is 429 g/mol. The van der Waals surface area contributed by atoms with Crippen LogP contribution in [0.5, 0.6) is 5.75 Å². The van der Waals surface area contributed by atoms with E-state index in [-0.39, 0.29) is 13.2 Å². The maximum Gasteiger partial charge on any atom is 0.355 e. The first-order valence-electron chi connectivity index (χ1n) is 11.6. The Labute approximate surface area is 187 Å². The minimum absolute atomic E-state index is 0.155. The molecule has 0 saturated heterocycles. The lowest BCUT2D eigenvalue weighted by atomic mass is 10.0. The van der Waals surface area contributed by atoms with Crippen LogP contribution in [0.4, 0.5) is 0 Å². The maximum absolute atomic E-state index is 12.3. The van der Waals surface area contributed by atoms with Gasteiger partial charge in [-0.05, 0) is 63.4 Å². The summed E-state index contributed by atoms with van der Waals surface area (Å²) in [4.78, 5) is 12.3. The molecule has 0 spiro atoms. The number of aryl methyl sites for hydroxylation is 1. The van der Waals surface area contributed by atoms with Crippen LogP contribution in [0.1, 0.15) is 82.3 Å². The molecule has 2 rings (SSSR count). The Bertz CT molecular complexity index is 773. The van der Waals surface area contributed by atoms with E-state index < -0.39 is 17.7 Å². The van der Waals surface area contributed by atoms with Crippen molar-refractivity contribution in [3.63, 3.8) is 0 Å². The molecule has 1 unspecified atom stereocenters. The van der Waals surface area contributed by atoms with Gasteiger partial charge < -0.3 is 19.1 Å². The SMILES string of the molecule is CCCCCCCCc1ccc(OCC(O)Cn2cccc2C(=O)OC(C)(C)C)cc1. The summed E-state index contributed by atoms with van der Waals surface area (Å²) in [6.45, 7) is 8.16. The molecule has 1 N–H and O–H groups in total. The quantitative estimate of drug-likeness (QED) is 0.323. The van der Waals surface area contributed by atoms with Crippen molar-refractivity contribution in [3.05, 3.63) is 53.9 Å². The lowest BCUT2D eigenvalue weighted by Gasteiger charge is -2.21. The molecule has 1 aromatic carbocycles. The number of unbranched alkanes of at least 4 members (excludes halogenated alkanes) is 5. The van der Waals surface area contributed by atoms with E-state index in [1.807, 2.05) is 32.9 Å². The van der Waals surface area contributed by atoms with Crippen molar-refractivity contribution >= 4 is 5.97 Å². The minimum atomic E-state index is -0.739. The number of esters is 1. The Balaban J connectivity index is 1.75. The molecule has 0 fully saturated rings. The average molecular weight is 430 g/mol. The van der Waals surface area contributed by atoms with Crippen molar-refractivity contribution < 1.29 is 19.4 Å². The van der Waals surface area contributed by atoms with Gasteiger partial charge in [-0.2, -0.15) is 0 Å². The number of hydrogen-bond donors (Lipinski definition) is 1. The number of aliphatic hydroxyl groups excluding tert-OH is 1. The normalized spacial score (nSPS) is 12.5. The Morgan fingerprint density at radius 3 is 2.39 bits per heavy atom. The number of carbonyl (C=O) groups is 1. The van der Waals surface area contributed by atoms with Gasteiger partial charge in [0.15, 0.2) is 0 Å². The van der Waals surface area contributed by atoms with E-state index in [4.69, 9.17) is 9.47 Å². The first-order chi connectivity index (χ1) is 14.8. The zero-order valence-electron chi connectivity index (χ0n) is 19.6. The Morgan fingerprint density at radius 2 is 1.71 bits per heavy atom. The second kappa shape index (κ2) is 12.6. The minimum Gasteiger partial charge on any atom is -0.491 e. The molecule has 1 atom stereocenters. The van der Waals surface area contributed by atoms with Crippen LogP contribution in [0.3, 0.4) is 0 Å². The summed E-state index contributed by atoms with van der Waals surface area (Å²) < 4.78 is 12.9. The van der Waals surface area contributed by atoms with Gasteiger partial charge in [0.2, 0.25) is 0 Å². The molecule has 0 radical (unpaired) electrons. The van der Waals surface area contributed by atoms with Gasteiger partial charge >= 0.3 is 5.97 Å². The second-order valence-corrected chi connectivity index (χ2v) is 9.17. The van der Waals surface area contributed by atoms with E-state index in [1.54, 1.807) is 22.9 Å². The van der Waals surface area contributed by atoms with Crippen molar-refractivity contribution in [1.29, 1.82) is 0 Å². The van der Waals surface area contributed by atoms with E-state index >= 15 is 0 Å². The molecule has 1 aromatic heterocycles. The van der Waals surface area contributed by atoms with Gasteiger partial charge in [-0.1, -0.05) is 51.2 Å². The zero-order valence-corrected chi connectivity index (χ0v) is 19.6. The molecule has 0 bridgehead atoms. The largest absolute Gasteiger partial charge is 0.491 e. The third-order valence-electron chi connectivity index (χ3n) is 5.03. The zero-order chi connectivity index (χ0) is 22.7. The number of aliphatic hydroxyl groups is 1. The summed E-state index contributed by atoms with van der Waals surface area (Å²) in [6, 6.07) is 11.6. The number of hydrogen-bond acceptors (Lipinski definition) is 4. The van der Waals surface area contributed by atoms with E-state index in [0.717, 1.165) is 12.2 Å². The Hall–Kier alpha value is -2.27. The van der Waals surface area contributed by atoms with Gasteiger partial charge in [0.05, 0.1) is 6.54 Å². The number of aromatic nitrogens is 1. The van der Waals surface area contributed by atoms with Gasteiger partial charge in [-0.15, -0.1) is 0 Å². The van der Waals surface area contributed by atoms with Crippen LogP contribution >= 0.6 is 0 Å². The van der Waals surface area contributed by atoms with E-state index in [9.17, 15) is 9.90 Å². The summed E-state index contributed by atoms with van der Waals surface area (Å²) in [6.07, 6.45) is 9.91. The van der Waals surface area contributed by atoms with Crippen LogP contribution in [-0.2, 0) is 17.7 Å². The fourth-order valence-corrected chi connectivity index (χ4v) is 3.42. The second-order valence-electron chi connectivity index (χ2n) is 9.17. The molecule has 0 aliphatic carbocycles. The third kappa shape index (κ3) is 9.60. The van der Waals surface area contributed by atoms with Crippen molar-refractivity contribution in [2.45, 2.75) is 90.9 Å². The first kappa shape index (κ1) is 25.0. The van der Waals surface area contributed by atoms with Gasteiger partial charge in [0.1, 0.15) is 29.8 Å². The Morgan fingerprint density at radius 1 is 1.03 bits per heavy atom. The lowest BCUT2D eigenvalue weighted by Crippen LogP contribution is -2.28. The summed E-state index contributed by atoms with van der Waals surface area (Å²) >= 11 is 0. The predicted octanol–water partition coefficient (Wildman–Crippen LogP) is 5.79. The highest BCUT2D eigenvalue weighted by molar-refractivity contribution is 5.88. The number of rotatable bonds is 13. The van der Waals surface area contributed by atoms with Gasteiger partial charge in [-0.3, -0.25) is 0 Å². The van der Waals surface area contributed by atoms with E-state index in [1.165, 1.54) is 44.1 Å². The molecule has 31 heavy (non-hydrogen) atoms. The number of ether oxygens (including phenoxy) is 2. The van der Waals surface area contributed by atoms with Crippen molar-refractivity contribution in [2.24, 2.45) is 0 Å². The fourth-order valence-electron chi connectivity index (χ4n) is 3.42. The molecule has 2 aromatic rings. The van der Waals surface area contributed by atoms with Gasteiger partial charge in [0, 0.05) is 6.20 Å². The van der Waals surface area contributed by atoms with Crippen molar-refractivity contribution in [2.75, 3.05) is 6.61 Å². The smallest absolute Gasteiger partial charge is 0.355 e. The maximum atomic E-state index is 12.3. The number of benzene rings is 1. The molecule has 5 nitrogen and oxygen atoms in total. The van der Waals surface area contributed by atoms with Crippen LogP contribution < -0.4 is 4.74 Å². The highest BCUT2D eigenvalue weighted by atomic mass is 16.6. The molecule has 0 aliphatic heterocycles. The highest BCUT2D eigenvalue weighted by Crippen LogP contribution is 2.16. The summed E-state index contributed by atoms with van der Waals surface area (Å²) in [5.41, 5.74) is 1.18. The standard InChI is InChI=1S/C26H39NO4/c1-5-6-7-8-9-10-12-21-14-16-23(17-15-21)30-20-22(28)19-27-18-11-13-24(27)25(29)31-26(2,3)4/h11,13-18,22,28H,5-10,12,19-20H2,1-4H3. The predicted molar refractivity (Wildman–Crippen MR) is 125 cm³/mol. The molecule has 172 valence electrons. The van der Waals surface area contributed by atoms with Gasteiger partial charge in [-0.25, -0.2) is 4.79 Å². The number of carbonyl (C=O) groups excluding carboxylic acids is 1. The molecular weight excluding hydrogens is 390 g/mol. The van der Waals surface area contributed by atoms with Crippen LogP contribution in [0.2, 0.25) is 0 Å². The van der Waals surface area contributed by atoms with E-state index in [0.29, 0.717) is 5.69 Å². The van der Waals surface area contributed by atoms with Gasteiger partial charge in [0.25, 0.3) is 0 Å². The van der Waals surface area contributed by atoms with Crippen molar-refractivity contribution in [1.82, 2.24) is 4.57 Å². The van der Waals surface area contributed by atoms with Crippen LogP contribution in [-0.4, -0.2) is 34.0 Å². The molecule has 5 heteroatoms. The summed E-state index contributed by atoms with van der Waals surface area (Å²) in [5.74, 6) is 0.345. The topological polar surface area (TPSA) is 60.7 Å². The van der Waals surface area contributed by atoms with Crippen molar-refractivity contribution in [3.8, 4) is 5.75 Å². The summed E-state index contributed by atoms with van der Waals surface area (Å²) in [7, 11) is 0. The molecule has 0 aliphatic rings. The van der Waals surface area contributed by atoms with Crippen LogP contribution in [0.15, 0.2) is 42.6 Å². The van der Waals surface area contributed by atoms with E-state index in [2.05, 4.69) is 19.1 Å². The molecular formula is C26H39NO4. The summed E-state index contributed by atoms with van der Waals surface area (Å²) in [5, 5.41) is 10.4. The molecule has 0 amide bonds.